The minimum absolute atomic E-state index is 0.126. The highest BCUT2D eigenvalue weighted by Gasteiger charge is 2.16. The molecule has 0 heterocycles. The van der Waals surface area contributed by atoms with Gasteiger partial charge in [-0.15, -0.1) is 0 Å². The summed E-state index contributed by atoms with van der Waals surface area (Å²) in [4.78, 5) is 13.2. The van der Waals surface area contributed by atoms with Crippen LogP contribution in [-0.2, 0) is 0 Å². The fourth-order valence-electron chi connectivity index (χ4n) is 1.30. The molecule has 0 aromatic heterocycles. The lowest BCUT2D eigenvalue weighted by molar-refractivity contribution is 0.101. The Labute approximate surface area is 106 Å². The lowest BCUT2D eigenvalue weighted by Gasteiger charge is -2.16. The number of methoxy groups -OCH3 is 1. The van der Waals surface area contributed by atoms with Gasteiger partial charge in [-0.2, -0.15) is 0 Å². The Bertz CT molecular complexity index is 443. The van der Waals surface area contributed by atoms with Crippen molar-refractivity contribution in [1.29, 1.82) is 0 Å². The maximum atomic E-state index is 11.6. The summed E-state index contributed by atoms with van der Waals surface area (Å²) < 4.78 is 10.6. The lowest BCUT2D eigenvalue weighted by atomic mass is 10.1. The van der Waals surface area contributed by atoms with Crippen LogP contribution >= 0.6 is 12.2 Å². The second-order valence-electron chi connectivity index (χ2n) is 3.65. The van der Waals surface area contributed by atoms with Gasteiger partial charge >= 0.3 is 0 Å². The Balaban J connectivity index is 3.15. The maximum Gasteiger partial charge on any atom is 0.264 e. The molecule has 0 fully saturated rings. The van der Waals surface area contributed by atoms with Gasteiger partial charge in [-0.3, -0.25) is 4.79 Å². The molecule has 0 aliphatic heterocycles. The highest BCUT2D eigenvalue weighted by atomic mass is 32.1. The van der Waals surface area contributed by atoms with Crippen LogP contribution in [0.1, 0.15) is 17.3 Å². The van der Waals surface area contributed by atoms with Crippen molar-refractivity contribution in [1.82, 2.24) is 4.90 Å². The summed E-state index contributed by atoms with van der Waals surface area (Å²) in [5, 5.41) is 0.292. The molecule has 1 aromatic rings. The van der Waals surface area contributed by atoms with E-state index in [4.69, 9.17) is 21.7 Å². The molecule has 92 valence electrons. The smallest absolute Gasteiger partial charge is 0.264 e. The Morgan fingerprint density at radius 2 is 1.88 bits per heavy atom. The molecule has 0 amide bonds. The van der Waals surface area contributed by atoms with Crippen LogP contribution in [0.2, 0.25) is 0 Å². The standard InChI is InChI=1S/C12H15NO3S/c1-8(14)11-9(15-4)6-5-7-10(11)16-12(17)13(2)3/h5-7H,1-4H3. The van der Waals surface area contributed by atoms with Gasteiger partial charge in [0.25, 0.3) is 5.17 Å². The third kappa shape index (κ3) is 3.17. The Morgan fingerprint density at radius 1 is 1.29 bits per heavy atom. The zero-order chi connectivity index (χ0) is 13.0. The number of ketones is 1. The third-order valence-corrected chi connectivity index (χ3v) is 2.57. The topological polar surface area (TPSA) is 38.8 Å². The first kappa shape index (κ1) is 13.4. The summed E-state index contributed by atoms with van der Waals surface area (Å²) in [5.41, 5.74) is 0.402. The predicted octanol–water partition coefficient (Wildman–Crippen LogP) is 2.12. The molecule has 0 atom stereocenters. The molecule has 1 aromatic carbocycles. The van der Waals surface area contributed by atoms with E-state index < -0.39 is 0 Å². The van der Waals surface area contributed by atoms with E-state index in [1.54, 1.807) is 37.2 Å². The molecule has 1 rings (SSSR count). The van der Waals surface area contributed by atoms with Crippen molar-refractivity contribution in [2.45, 2.75) is 6.92 Å². The average Bonchev–Trinajstić information content (AvgIpc) is 2.27. The van der Waals surface area contributed by atoms with Crippen LogP contribution in [0.3, 0.4) is 0 Å². The second-order valence-corrected chi connectivity index (χ2v) is 4.00. The highest BCUT2D eigenvalue weighted by molar-refractivity contribution is 7.80. The number of carbonyl (C=O) groups is 1. The first-order valence-electron chi connectivity index (χ1n) is 5.04. The normalized spacial score (nSPS) is 9.65. The van der Waals surface area contributed by atoms with Crippen molar-refractivity contribution < 1.29 is 14.3 Å². The summed E-state index contributed by atoms with van der Waals surface area (Å²) in [6.45, 7) is 1.46. The summed E-state index contributed by atoms with van der Waals surface area (Å²) in [5.74, 6) is 0.770. The number of thiocarbonyl (C=S) groups is 1. The van der Waals surface area contributed by atoms with Gasteiger partial charge in [-0.1, -0.05) is 6.07 Å². The van der Waals surface area contributed by atoms with Crippen LogP contribution < -0.4 is 9.47 Å². The number of ether oxygens (including phenoxy) is 2. The average molecular weight is 253 g/mol. The van der Waals surface area contributed by atoms with Gasteiger partial charge in [0.1, 0.15) is 17.1 Å². The van der Waals surface area contributed by atoms with Crippen LogP contribution in [0.15, 0.2) is 18.2 Å². The highest BCUT2D eigenvalue weighted by Crippen LogP contribution is 2.29. The molecule has 0 spiro atoms. The van der Waals surface area contributed by atoms with Crippen LogP contribution in [0.4, 0.5) is 0 Å². The van der Waals surface area contributed by atoms with E-state index >= 15 is 0 Å². The Kier molecular flexibility index (Phi) is 4.45. The summed E-state index contributed by atoms with van der Waals surface area (Å²) >= 11 is 5.04. The lowest BCUT2D eigenvalue weighted by Crippen LogP contribution is -2.25. The maximum absolute atomic E-state index is 11.6. The number of rotatable bonds is 3. The fraction of sp³-hybridized carbons (Fsp3) is 0.333. The van der Waals surface area contributed by atoms with Gasteiger partial charge in [-0.05, 0) is 31.3 Å². The zero-order valence-electron chi connectivity index (χ0n) is 10.3. The van der Waals surface area contributed by atoms with Gasteiger partial charge < -0.3 is 14.4 Å². The molecule has 0 bridgehead atoms. The van der Waals surface area contributed by atoms with Gasteiger partial charge in [0, 0.05) is 14.1 Å². The SMILES string of the molecule is COc1cccc(OC(=S)N(C)C)c1C(C)=O. The van der Waals surface area contributed by atoms with Crippen molar-refractivity contribution in [2.75, 3.05) is 21.2 Å². The van der Waals surface area contributed by atoms with Gasteiger partial charge in [0.2, 0.25) is 0 Å². The molecule has 0 N–H and O–H groups in total. The van der Waals surface area contributed by atoms with Crippen molar-refractivity contribution in [2.24, 2.45) is 0 Å². The van der Waals surface area contributed by atoms with Crippen molar-refractivity contribution in [3.05, 3.63) is 23.8 Å². The minimum Gasteiger partial charge on any atom is -0.496 e. The van der Waals surface area contributed by atoms with Crippen LogP contribution in [0.5, 0.6) is 11.5 Å². The van der Waals surface area contributed by atoms with E-state index in [0.717, 1.165) is 0 Å². The molecule has 4 nitrogen and oxygen atoms in total. The summed E-state index contributed by atoms with van der Waals surface area (Å²) in [6, 6.07) is 5.15. The van der Waals surface area contributed by atoms with E-state index in [0.29, 0.717) is 22.2 Å². The van der Waals surface area contributed by atoms with Crippen molar-refractivity contribution >= 4 is 23.2 Å². The van der Waals surface area contributed by atoms with E-state index in [1.165, 1.54) is 14.0 Å². The van der Waals surface area contributed by atoms with E-state index in [1.807, 2.05) is 0 Å². The van der Waals surface area contributed by atoms with Crippen LogP contribution in [0, 0.1) is 0 Å². The number of hydrogen-bond acceptors (Lipinski definition) is 4. The number of Topliss-reactive ketones (excluding diaryl/α,β-unsaturated/α-hetero) is 1. The van der Waals surface area contributed by atoms with E-state index in [-0.39, 0.29) is 5.78 Å². The van der Waals surface area contributed by atoms with Crippen molar-refractivity contribution in [3.63, 3.8) is 0 Å². The Morgan fingerprint density at radius 3 is 2.35 bits per heavy atom. The molecule has 0 radical (unpaired) electrons. The van der Waals surface area contributed by atoms with Crippen molar-refractivity contribution in [3.8, 4) is 11.5 Å². The molecule has 0 saturated carbocycles. The van der Waals surface area contributed by atoms with Gasteiger partial charge in [-0.25, -0.2) is 0 Å². The fourth-order valence-corrected chi connectivity index (χ4v) is 1.39. The van der Waals surface area contributed by atoms with Crippen LogP contribution in [-0.4, -0.2) is 37.1 Å². The summed E-state index contributed by atoms with van der Waals surface area (Å²) in [7, 11) is 5.06. The third-order valence-electron chi connectivity index (χ3n) is 2.12. The predicted molar refractivity (Wildman–Crippen MR) is 69.9 cm³/mol. The Hall–Kier alpha value is -1.62. The molecule has 0 unspecified atom stereocenters. The van der Waals surface area contributed by atoms with E-state index in [9.17, 15) is 4.79 Å². The molecule has 0 aliphatic rings. The quantitative estimate of drug-likeness (QED) is 0.609. The van der Waals surface area contributed by atoms with E-state index in [2.05, 4.69) is 0 Å². The first-order chi connectivity index (χ1) is 7.97. The number of hydrogen-bond donors (Lipinski definition) is 0. The molecule has 17 heavy (non-hydrogen) atoms. The van der Waals surface area contributed by atoms with Gasteiger partial charge in [0.15, 0.2) is 5.78 Å². The molecular formula is C12H15NO3S. The number of nitrogens with zero attached hydrogens (tertiary/aromatic N) is 1. The molecule has 0 aliphatic carbocycles. The monoisotopic (exact) mass is 253 g/mol. The van der Waals surface area contributed by atoms with Gasteiger partial charge in [0.05, 0.1) is 7.11 Å². The number of carbonyl (C=O) groups excluding carboxylic acids is 1. The van der Waals surface area contributed by atoms with Crippen LogP contribution in [0.25, 0.3) is 0 Å². The minimum atomic E-state index is -0.126. The zero-order valence-corrected chi connectivity index (χ0v) is 11.1. The molecule has 0 saturated heterocycles. The largest absolute Gasteiger partial charge is 0.496 e. The molecule has 5 heteroatoms. The number of benzene rings is 1. The molecular weight excluding hydrogens is 238 g/mol. The first-order valence-corrected chi connectivity index (χ1v) is 5.45. The second kappa shape index (κ2) is 5.63. The summed E-state index contributed by atoms with van der Waals surface area (Å²) in [6.07, 6.45) is 0.